The number of rotatable bonds is 31. The van der Waals surface area contributed by atoms with E-state index in [-0.39, 0.29) is 44.3 Å². The van der Waals surface area contributed by atoms with Crippen molar-refractivity contribution in [3.63, 3.8) is 0 Å². The molecule has 12 heteroatoms. The predicted octanol–water partition coefficient (Wildman–Crippen LogP) is 5.13. The number of aliphatic hydroxyl groups is 4. The second-order valence-electron chi connectivity index (χ2n) is 12.7. The molecule has 272 valence electrons. The zero-order valence-corrected chi connectivity index (χ0v) is 29.3. The number of hydrogen-bond acceptors (Lipinski definition) is 9. The summed E-state index contributed by atoms with van der Waals surface area (Å²) in [7, 11) is -4.17. The number of carbonyl (C=O) groups excluding carboxylic acids is 2. The number of ether oxygens (including phenoxy) is 1. The summed E-state index contributed by atoms with van der Waals surface area (Å²) < 4.78 is 35.3. The van der Waals surface area contributed by atoms with Gasteiger partial charge in [-0.15, -0.1) is 0 Å². The van der Waals surface area contributed by atoms with E-state index >= 15 is 0 Å². The zero-order valence-electron chi connectivity index (χ0n) is 28.5. The maximum Gasteiger partial charge on any atom is 0.306 e. The smallest absolute Gasteiger partial charge is 0.306 e. The van der Waals surface area contributed by atoms with Gasteiger partial charge in [-0.2, -0.15) is 8.42 Å². The first-order valence-electron chi connectivity index (χ1n) is 17.6. The van der Waals surface area contributed by atoms with Gasteiger partial charge in [-0.3, -0.25) is 14.1 Å². The number of hydrogen-bond donors (Lipinski definition) is 6. The Morgan fingerprint density at radius 3 is 1.91 bits per heavy atom. The molecule has 11 nitrogen and oxygen atoms in total. The van der Waals surface area contributed by atoms with Gasteiger partial charge in [0.1, 0.15) is 6.10 Å². The lowest BCUT2D eigenvalue weighted by atomic mass is 9.99. The number of unbranched alkanes of at least 4 members (excludes halogenated alkanes) is 13. The number of esters is 1. The molecule has 0 spiro atoms. The fraction of sp³-hybridized carbons (Fsp3) is 0.882. The molecule has 0 radical (unpaired) electrons. The lowest BCUT2D eigenvalue weighted by Gasteiger charge is -2.23. The van der Waals surface area contributed by atoms with E-state index in [4.69, 9.17) is 9.29 Å². The van der Waals surface area contributed by atoms with Gasteiger partial charge in [0.15, 0.2) is 0 Å². The summed E-state index contributed by atoms with van der Waals surface area (Å²) >= 11 is 0. The van der Waals surface area contributed by atoms with Crippen LogP contribution in [-0.2, 0) is 24.4 Å². The Morgan fingerprint density at radius 1 is 0.761 bits per heavy atom. The van der Waals surface area contributed by atoms with Crippen LogP contribution in [0.15, 0.2) is 12.2 Å². The highest BCUT2D eigenvalue weighted by molar-refractivity contribution is 7.85. The average molecular weight is 680 g/mol. The van der Waals surface area contributed by atoms with Crippen LogP contribution < -0.4 is 5.32 Å². The molecule has 5 atom stereocenters. The van der Waals surface area contributed by atoms with E-state index < -0.39 is 46.2 Å². The maximum atomic E-state index is 12.2. The number of amides is 1. The number of allylic oxidation sites excluding steroid dienone is 1. The Morgan fingerprint density at radius 2 is 1.33 bits per heavy atom. The molecular formula is C34H65NO10S. The van der Waals surface area contributed by atoms with Crippen molar-refractivity contribution >= 4 is 22.0 Å². The van der Waals surface area contributed by atoms with Gasteiger partial charge in [0, 0.05) is 32.2 Å². The fourth-order valence-corrected chi connectivity index (χ4v) is 5.52. The summed E-state index contributed by atoms with van der Waals surface area (Å²) in [6.45, 7) is 3.58. The molecule has 0 bridgehead atoms. The number of carbonyl (C=O) groups is 2. The van der Waals surface area contributed by atoms with Gasteiger partial charge >= 0.3 is 5.97 Å². The summed E-state index contributed by atoms with van der Waals surface area (Å²) in [5.41, 5.74) is 0. The normalized spacial score (nSPS) is 15.4. The Kier molecular flexibility index (Phi) is 27.5. The SMILES string of the molecule is CCCCC/C=C/[C@H](O)CCCCCCCCCCCCCC(=O)O[C@H](C)C[C@H](O)[C@H](O)C[C@H](O)CCC(=O)NCCS(=O)(=O)O. The first-order valence-corrected chi connectivity index (χ1v) is 19.2. The third-order valence-electron chi connectivity index (χ3n) is 7.96. The highest BCUT2D eigenvalue weighted by atomic mass is 32.2. The maximum absolute atomic E-state index is 12.2. The van der Waals surface area contributed by atoms with E-state index in [1.165, 1.54) is 57.8 Å². The van der Waals surface area contributed by atoms with E-state index in [1.54, 1.807) is 6.92 Å². The van der Waals surface area contributed by atoms with Crippen LogP contribution in [-0.4, -0.2) is 88.1 Å². The molecule has 0 aromatic heterocycles. The van der Waals surface area contributed by atoms with Crippen LogP contribution in [0, 0.1) is 0 Å². The minimum atomic E-state index is -4.17. The minimum Gasteiger partial charge on any atom is -0.463 e. The van der Waals surface area contributed by atoms with Gasteiger partial charge in [-0.25, -0.2) is 0 Å². The summed E-state index contributed by atoms with van der Waals surface area (Å²) in [5, 5.41) is 42.8. The first-order chi connectivity index (χ1) is 21.8. The molecule has 0 aliphatic carbocycles. The number of aliphatic hydroxyl groups excluding tert-OH is 4. The van der Waals surface area contributed by atoms with Crippen molar-refractivity contribution in [3.8, 4) is 0 Å². The van der Waals surface area contributed by atoms with Crippen molar-refractivity contribution in [2.45, 2.75) is 179 Å². The molecule has 0 heterocycles. The van der Waals surface area contributed by atoms with Crippen molar-refractivity contribution in [1.82, 2.24) is 5.32 Å². The van der Waals surface area contributed by atoms with Crippen molar-refractivity contribution in [1.29, 1.82) is 0 Å². The highest BCUT2D eigenvalue weighted by Gasteiger charge is 2.24. The van der Waals surface area contributed by atoms with E-state index in [9.17, 15) is 38.4 Å². The molecule has 0 saturated heterocycles. The van der Waals surface area contributed by atoms with E-state index in [1.807, 2.05) is 6.08 Å². The third kappa shape index (κ3) is 29.8. The standard InChI is InChI=1S/C34H65NO10S/c1-3-4-5-13-16-19-29(36)20-17-14-11-9-7-6-8-10-12-15-18-21-34(41)45-28(2)26-31(38)32(39)27-30(37)22-23-33(40)35-24-25-46(42,43)44/h16,19,28-32,36-39H,3-15,17-18,20-27H2,1-2H3,(H,35,40)(H,42,43,44)/b19-16+/t28-,29+,30-,31+,32-/m1/s1. The monoisotopic (exact) mass is 679 g/mol. The molecular weight excluding hydrogens is 614 g/mol. The predicted molar refractivity (Wildman–Crippen MR) is 181 cm³/mol. The average Bonchev–Trinajstić information content (AvgIpc) is 2.97. The molecule has 0 rings (SSSR count). The Balaban J connectivity index is 3.75. The molecule has 0 saturated carbocycles. The minimum absolute atomic E-state index is 0.00374. The van der Waals surface area contributed by atoms with Crippen molar-refractivity contribution in [2.24, 2.45) is 0 Å². The van der Waals surface area contributed by atoms with E-state index in [0.29, 0.717) is 6.42 Å². The molecule has 0 fully saturated rings. The second-order valence-corrected chi connectivity index (χ2v) is 14.2. The fourth-order valence-electron chi connectivity index (χ4n) is 5.16. The molecule has 0 aliphatic rings. The van der Waals surface area contributed by atoms with Crippen LogP contribution >= 0.6 is 0 Å². The Bertz CT molecular complexity index is 898. The van der Waals surface area contributed by atoms with Crippen LogP contribution in [0.4, 0.5) is 0 Å². The topological polar surface area (TPSA) is 191 Å². The molecule has 0 aromatic carbocycles. The van der Waals surface area contributed by atoms with Gasteiger partial charge in [-0.05, 0) is 39.0 Å². The van der Waals surface area contributed by atoms with E-state index in [2.05, 4.69) is 18.3 Å². The van der Waals surface area contributed by atoms with Gasteiger partial charge in [0.2, 0.25) is 5.91 Å². The van der Waals surface area contributed by atoms with Crippen LogP contribution in [0.2, 0.25) is 0 Å². The van der Waals surface area contributed by atoms with Crippen molar-refractivity contribution < 1.29 is 47.7 Å². The molecule has 46 heavy (non-hydrogen) atoms. The molecule has 1 amide bonds. The van der Waals surface area contributed by atoms with Gasteiger partial charge in [0.05, 0.1) is 30.2 Å². The lowest BCUT2D eigenvalue weighted by molar-refractivity contribution is -0.150. The van der Waals surface area contributed by atoms with Gasteiger partial charge < -0.3 is 30.5 Å². The van der Waals surface area contributed by atoms with Crippen molar-refractivity contribution in [2.75, 3.05) is 12.3 Å². The summed E-state index contributed by atoms with van der Waals surface area (Å²) in [5.74, 6) is -1.46. The Hall–Kier alpha value is -1.57. The molecule has 0 aliphatic heterocycles. The largest absolute Gasteiger partial charge is 0.463 e. The molecule has 6 N–H and O–H groups in total. The van der Waals surface area contributed by atoms with Crippen molar-refractivity contribution in [3.05, 3.63) is 12.2 Å². The van der Waals surface area contributed by atoms with Crippen LogP contribution in [0.25, 0.3) is 0 Å². The number of nitrogens with one attached hydrogen (secondary N) is 1. The summed E-state index contributed by atoms with van der Waals surface area (Å²) in [4.78, 5) is 23.8. The highest BCUT2D eigenvalue weighted by Crippen LogP contribution is 2.16. The van der Waals surface area contributed by atoms with Crippen LogP contribution in [0.5, 0.6) is 0 Å². The van der Waals surface area contributed by atoms with Gasteiger partial charge in [-0.1, -0.05) is 96.1 Å². The molecule has 0 aromatic rings. The summed E-state index contributed by atoms with van der Waals surface area (Å²) in [6, 6.07) is 0. The second kappa shape index (κ2) is 28.4. The lowest BCUT2D eigenvalue weighted by Crippen LogP contribution is -2.34. The Labute approximate surface area is 278 Å². The molecule has 0 unspecified atom stereocenters. The zero-order chi connectivity index (χ0) is 34.6. The van der Waals surface area contributed by atoms with E-state index in [0.717, 1.165) is 44.9 Å². The summed E-state index contributed by atoms with van der Waals surface area (Å²) in [6.07, 6.45) is 17.5. The quantitative estimate of drug-likeness (QED) is 0.0248. The van der Waals surface area contributed by atoms with Crippen LogP contribution in [0.1, 0.15) is 149 Å². The first kappa shape index (κ1) is 44.4. The third-order valence-corrected chi connectivity index (χ3v) is 8.68. The van der Waals surface area contributed by atoms with Gasteiger partial charge in [0.25, 0.3) is 10.1 Å². The van der Waals surface area contributed by atoms with Crippen LogP contribution in [0.3, 0.4) is 0 Å².